The lowest BCUT2D eigenvalue weighted by Gasteiger charge is -2.10. The third-order valence-corrected chi connectivity index (χ3v) is 1.94. The summed E-state index contributed by atoms with van der Waals surface area (Å²) in [5.74, 6) is 1.22. The van der Waals surface area contributed by atoms with E-state index in [2.05, 4.69) is 6.58 Å². The molecule has 0 aliphatic rings. The van der Waals surface area contributed by atoms with Crippen LogP contribution >= 0.6 is 11.6 Å². The van der Waals surface area contributed by atoms with Crippen LogP contribution in [0.3, 0.4) is 0 Å². The summed E-state index contributed by atoms with van der Waals surface area (Å²) >= 11 is 5.58. The summed E-state index contributed by atoms with van der Waals surface area (Å²) in [4.78, 5) is 0. The van der Waals surface area contributed by atoms with Crippen molar-refractivity contribution < 1.29 is 14.6 Å². The minimum Gasteiger partial charge on any atom is -0.497 e. The van der Waals surface area contributed by atoms with Crippen molar-refractivity contribution in [1.29, 1.82) is 0 Å². The van der Waals surface area contributed by atoms with E-state index < -0.39 is 0 Å². The molecule has 0 fully saturated rings. The van der Waals surface area contributed by atoms with Crippen molar-refractivity contribution >= 4 is 11.6 Å². The molecule has 0 bridgehead atoms. The molecule has 1 aromatic rings. The Morgan fingerprint density at radius 3 is 2.80 bits per heavy atom. The van der Waals surface area contributed by atoms with Crippen LogP contribution in [0.1, 0.15) is 5.56 Å². The number of rotatable bonds is 5. The number of methoxy groups -OCH3 is 1. The molecule has 0 radical (unpaired) electrons. The highest BCUT2D eigenvalue weighted by molar-refractivity contribution is 6.29. The van der Waals surface area contributed by atoms with Gasteiger partial charge < -0.3 is 14.6 Å². The lowest BCUT2D eigenvalue weighted by molar-refractivity contribution is 0.269. The van der Waals surface area contributed by atoms with E-state index in [0.29, 0.717) is 22.1 Å². The number of hydrogen-bond donors (Lipinski definition) is 1. The summed E-state index contributed by atoms with van der Waals surface area (Å²) in [7, 11) is 1.57. The van der Waals surface area contributed by atoms with Crippen molar-refractivity contribution in [2.45, 2.75) is 6.61 Å². The first-order valence-electron chi connectivity index (χ1n) is 4.41. The number of ether oxygens (including phenoxy) is 2. The van der Waals surface area contributed by atoms with Gasteiger partial charge in [-0.15, -0.1) is 0 Å². The fourth-order valence-corrected chi connectivity index (χ4v) is 1.14. The van der Waals surface area contributed by atoms with E-state index in [1.54, 1.807) is 25.3 Å². The molecule has 0 saturated carbocycles. The van der Waals surface area contributed by atoms with Crippen LogP contribution in [0.5, 0.6) is 11.5 Å². The van der Waals surface area contributed by atoms with Crippen LogP contribution in [0.15, 0.2) is 29.8 Å². The molecule has 0 heterocycles. The molecule has 0 spiro atoms. The Bertz CT molecular complexity index is 350. The van der Waals surface area contributed by atoms with Crippen LogP contribution in [0.25, 0.3) is 0 Å². The maximum absolute atomic E-state index is 9.07. The first-order chi connectivity index (χ1) is 7.17. The number of benzene rings is 1. The quantitative estimate of drug-likeness (QED) is 0.841. The maximum atomic E-state index is 9.07. The van der Waals surface area contributed by atoms with E-state index in [-0.39, 0.29) is 13.2 Å². The zero-order valence-corrected chi connectivity index (χ0v) is 9.25. The summed E-state index contributed by atoms with van der Waals surface area (Å²) in [6.07, 6.45) is 0. The predicted octanol–water partition coefficient (Wildman–Crippen LogP) is 2.32. The molecular weight excluding hydrogens is 216 g/mol. The van der Waals surface area contributed by atoms with Gasteiger partial charge in [-0.05, 0) is 12.1 Å². The standard InChI is InChI=1S/C11H13ClO3/c1-8(12)7-15-11-5-10(14-2)4-3-9(11)6-13/h3-5,13H,1,6-7H2,2H3. The minimum absolute atomic E-state index is 0.0892. The molecule has 0 saturated heterocycles. The minimum atomic E-state index is -0.0892. The van der Waals surface area contributed by atoms with Gasteiger partial charge in [-0.25, -0.2) is 0 Å². The first-order valence-corrected chi connectivity index (χ1v) is 4.79. The molecule has 1 aromatic carbocycles. The van der Waals surface area contributed by atoms with Gasteiger partial charge in [-0.1, -0.05) is 18.2 Å². The second-order valence-electron chi connectivity index (χ2n) is 2.94. The normalized spacial score (nSPS) is 9.80. The molecule has 0 unspecified atom stereocenters. The lowest BCUT2D eigenvalue weighted by atomic mass is 10.2. The Kier molecular flexibility index (Phi) is 4.46. The van der Waals surface area contributed by atoms with E-state index in [1.807, 2.05) is 0 Å². The van der Waals surface area contributed by atoms with Gasteiger partial charge in [0.25, 0.3) is 0 Å². The largest absolute Gasteiger partial charge is 0.497 e. The third-order valence-electron chi connectivity index (χ3n) is 1.83. The van der Waals surface area contributed by atoms with Crippen LogP contribution in [-0.4, -0.2) is 18.8 Å². The highest BCUT2D eigenvalue weighted by atomic mass is 35.5. The second-order valence-corrected chi connectivity index (χ2v) is 3.47. The van der Waals surface area contributed by atoms with Crippen molar-refractivity contribution in [3.63, 3.8) is 0 Å². The fraction of sp³-hybridized carbons (Fsp3) is 0.273. The van der Waals surface area contributed by atoms with Crippen molar-refractivity contribution in [1.82, 2.24) is 0 Å². The number of hydrogen-bond acceptors (Lipinski definition) is 3. The van der Waals surface area contributed by atoms with E-state index in [4.69, 9.17) is 26.2 Å². The molecule has 0 aliphatic carbocycles. The number of halogens is 1. The molecule has 0 aromatic heterocycles. The average Bonchev–Trinajstić information content (AvgIpc) is 2.25. The summed E-state index contributed by atoms with van der Waals surface area (Å²) in [5, 5.41) is 9.48. The van der Waals surface area contributed by atoms with E-state index in [1.165, 1.54) is 0 Å². The van der Waals surface area contributed by atoms with E-state index in [9.17, 15) is 0 Å². The van der Waals surface area contributed by atoms with Crippen molar-refractivity contribution in [3.8, 4) is 11.5 Å². The molecule has 3 nitrogen and oxygen atoms in total. The van der Waals surface area contributed by atoms with Crippen LogP contribution in [0, 0.1) is 0 Å². The zero-order chi connectivity index (χ0) is 11.3. The van der Waals surface area contributed by atoms with Crippen LogP contribution in [-0.2, 0) is 6.61 Å². The van der Waals surface area contributed by atoms with E-state index >= 15 is 0 Å². The summed E-state index contributed by atoms with van der Waals surface area (Å²) < 4.78 is 10.4. The highest BCUT2D eigenvalue weighted by Crippen LogP contribution is 2.25. The van der Waals surface area contributed by atoms with Gasteiger partial charge in [0.1, 0.15) is 18.1 Å². The Labute approximate surface area is 93.9 Å². The molecule has 0 aliphatic heterocycles. The summed E-state index contributed by atoms with van der Waals surface area (Å²) in [6, 6.07) is 5.20. The maximum Gasteiger partial charge on any atom is 0.129 e. The summed E-state index contributed by atoms with van der Waals surface area (Å²) in [6.45, 7) is 3.64. The smallest absolute Gasteiger partial charge is 0.129 e. The Morgan fingerprint density at radius 1 is 1.53 bits per heavy atom. The Hall–Kier alpha value is -1.19. The van der Waals surface area contributed by atoms with Gasteiger partial charge in [-0.3, -0.25) is 0 Å². The van der Waals surface area contributed by atoms with Crippen LogP contribution < -0.4 is 9.47 Å². The van der Waals surface area contributed by atoms with Gasteiger partial charge in [0.05, 0.1) is 13.7 Å². The molecule has 0 amide bonds. The van der Waals surface area contributed by atoms with Crippen molar-refractivity contribution in [2.24, 2.45) is 0 Å². The van der Waals surface area contributed by atoms with Crippen LogP contribution in [0.4, 0.5) is 0 Å². The van der Waals surface area contributed by atoms with Crippen molar-refractivity contribution in [3.05, 3.63) is 35.4 Å². The second kappa shape index (κ2) is 5.63. The third kappa shape index (κ3) is 3.46. The van der Waals surface area contributed by atoms with E-state index in [0.717, 1.165) is 0 Å². The zero-order valence-electron chi connectivity index (χ0n) is 8.50. The van der Waals surface area contributed by atoms with Gasteiger partial charge >= 0.3 is 0 Å². The van der Waals surface area contributed by atoms with Crippen LogP contribution in [0.2, 0.25) is 0 Å². The molecule has 4 heteroatoms. The lowest BCUT2D eigenvalue weighted by Crippen LogP contribution is -2.00. The fourth-order valence-electron chi connectivity index (χ4n) is 1.08. The highest BCUT2D eigenvalue weighted by Gasteiger charge is 2.05. The van der Waals surface area contributed by atoms with Crippen molar-refractivity contribution in [2.75, 3.05) is 13.7 Å². The van der Waals surface area contributed by atoms with Gasteiger partial charge in [0.15, 0.2) is 0 Å². The Balaban J connectivity index is 2.85. The van der Waals surface area contributed by atoms with Gasteiger partial charge in [0.2, 0.25) is 0 Å². The summed E-state index contributed by atoms with van der Waals surface area (Å²) in [5.41, 5.74) is 0.689. The molecule has 82 valence electrons. The SMILES string of the molecule is C=C(Cl)COc1cc(OC)ccc1CO. The first kappa shape index (κ1) is 11.9. The molecular formula is C11H13ClO3. The molecule has 1 N–H and O–H groups in total. The monoisotopic (exact) mass is 228 g/mol. The van der Waals surface area contributed by atoms with Gasteiger partial charge in [0, 0.05) is 16.7 Å². The number of aliphatic hydroxyl groups excluding tert-OH is 1. The topological polar surface area (TPSA) is 38.7 Å². The van der Waals surface area contributed by atoms with Gasteiger partial charge in [-0.2, -0.15) is 0 Å². The average molecular weight is 229 g/mol. The Morgan fingerprint density at radius 2 is 2.27 bits per heavy atom. The molecule has 1 rings (SSSR count). The molecule has 15 heavy (non-hydrogen) atoms. The number of aliphatic hydroxyl groups is 1. The molecule has 0 atom stereocenters. The predicted molar refractivity (Wildman–Crippen MR) is 59.4 cm³/mol.